The molecule has 0 bridgehead atoms. The molecule has 1 aromatic heterocycles. The van der Waals surface area contributed by atoms with E-state index in [0.29, 0.717) is 16.5 Å². The van der Waals surface area contributed by atoms with E-state index >= 15 is 0 Å². The molecule has 1 amide bonds. The molecular weight excluding hydrogens is 418 g/mol. The molecular formula is C23H18ClN3O2S. The van der Waals surface area contributed by atoms with Gasteiger partial charge in [0.25, 0.3) is 5.91 Å². The van der Waals surface area contributed by atoms with Crippen molar-refractivity contribution < 1.29 is 9.21 Å². The second kappa shape index (κ2) is 8.26. The van der Waals surface area contributed by atoms with E-state index in [0.717, 1.165) is 33.5 Å². The van der Waals surface area contributed by atoms with Gasteiger partial charge in [-0.2, -0.15) is 0 Å². The Balaban J connectivity index is 1.55. The topological polar surface area (TPSA) is 67.2 Å². The van der Waals surface area contributed by atoms with Gasteiger partial charge in [0, 0.05) is 11.3 Å². The summed E-state index contributed by atoms with van der Waals surface area (Å²) in [4.78, 5) is 17.0. The van der Waals surface area contributed by atoms with Gasteiger partial charge in [0.1, 0.15) is 5.52 Å². The van der Waals surface area contributed by atoms with Crippen LogP contribution in [-0.2, 0) is 0 Å². The predicted molar refractivity (Wildman–Crippen MR) is 124 cm³/mol. The summed E-state index contributed by atoms with van der Waals surface area (Å²) in [6, 6.07) is 18.4. The molecule has 0 aliphatic rings. The average molecular weight is 436 g/mol. The summed E-state index contributed by atoms with van der Waals surface area (Å²) in [6.07, 6.45) is 0. The Morgan fingerprint density at radius 3 is 2.67 bits per heavy atom. The van der Waals surface area contributed by atoms with Gasteiger partial charge in [-0.3, -0.25) is 10.1 Å². The molecule has 0 atom stereocenters. The highest BCUT2D eigenvalue weighted by molar-refractivity contribution is 7.80. The van der Waals surface area contributed by atoms with E-state index < -0.39 is 0 Å². The van der Waals surface area contributed by atoms with Gasteiger partial charge in [-0.25, -0.2) is 4.98 Å². The number of carbonyl (C=O) groups is 1. The van der Waals surface area contributed by atoms with Crippen molar-refractivity contribution in [3.05, 3.63) is 82.4 Å². The first-order valence-corrected chi connectivity index (χ1v) is 10.0. The van der Waals surface area contributed by atoms with E-state index in [9.17, 15) is 4.79 Å². The van der Waals surface area contributed by atoms with Crippen molar-refractivity contribution in [1.82, 2.24) is 10.3 Å². The average Bonchev–Trinajstić information content (AvgIpc) is 3.13. The van der Waals surface area contributed by atoms with E-state index in [1.807, 2.05) is 50.2 Å². The third-order valence-corrected chi connectivity index (χ3v) is 5.16. The molecule has 0 fully saturated rings. The highest BCUT2D eigenvalue weighted by Gasteiger charge is 2.14. The molecule has 150 valence electrons. The maximum absolute atomic E-state index is 12.4. The Morgan fingerprint density at radius 2 is 1.87 bits per heavy atom. The van der Waals surface area contributed by atoms with Crippen LogP contribution in [0, 0.1) is 13.8 Å². The first kappa shape index (κ1) is 20.1. The summed E-state index contributed by atoms with van der Waals surface area (Å²) in [5.74, 6) is 0.144. The van der Waals surface area contributed by atoms with E-state index in [4.69, 9.17) is 28.2 Å². The normalized spacial score (nSPS) is 10.8. The molecule has 0 unspecified atom stereocenters. The molecule has 0 spiro atoms. The molecule has 0 saturated carbocycles. The molecule has 0 saturated heterocycles. The SMILES string of the molecule is Cc1ccc2oc(-c3ccc(C)c(NC(=S)NC(=O)c4ccccc4Cl)c3)nc2c1. The number of thiocarbonyl (C=S) groups is 1. The molecule has 5 nitrogen and oxygen atoms in total. The Hall–Kier alpha value is -3.22. The van der Waals surface area contributed by atoms with Crippen molar-refractivity contribution >= 4 is 51.6 Å². The van der Waals surface area contributed by atoms with Gasteiger partial charge in [0.05, 0.1) is 10.6 Å². The predicted octanol–water partition coefficient (Wildman–Crippen LogP) is 5.89. The number of benzene rings is 3. The summed E-state index contributed by atoms with van der Waals surface area (Å²) >= 11 is 11.4. The lowest BCUT2D eigenvalue weighted by Crippen LogP contribution is -2.34. The zero-order chi connectivity index (χ0) is 21.3. The fraction of sp³-hybridized carbons (Fsp3) is 0.0870. The smallest absolute Gasteiger partial charge is 0.258 e. The van der Waals surface area contributed by atoms with Crippen LogP contribution in [0.1, 0.15) is 21.5 Å². The lowest BCUT2D eigenvalue weighted by molar-refractivity contribution is 0.0978. The summed E-state index contributed by atoms with van der Waals surface area (Å²) in [5.41, 5.74) is 5.52. The van der Waals surface area contributed by atoms with Crippen LogP contribution in [-0.4, -0.2) is 16.0 Å². The number of amides is 1. The standard InChI is InChI=1S/C23H18ClN3O2S/c1-13-7-10-20-19(11-13)25-22(29-20)15-9-8-14(2)18(12-15)26-23(30)27-21(28)16-5-3-4-6-17(16)24/h3-12H,1-2H3,(H2,26,27,28,30). The Bertz CT molecular complexity index is 1280. The van der Waals surface area contributed by atoms with Crippen molar-refractivity contribution in [2.75, 3.05) is 5.32 Å². The highest BCUT2D eigenvalue weighted by atomic mass is 35.5. The van der Waals surface area contributed by atoms with Crippen molar-refractivity contribution in [3.63, 3.8) is 0 Å². The zero-order valence-electron chi connectivity index (χ0n) is 16.3. The molecule has 4 rings (SSSR count). The number of aryl methyl sites for hydroxylation is 2. The van der Waals surface area contributed by atoms with Crippen molar-refractivity contribution in [2.45, 2.75) is 13.8 Å². The third-order valence-electron chi connectivity index (χ3n) is 4.62. The van der Waals surface area contributed by atoms with Crippen LogP contribution in [0.15, 0.2) is 65.1 Å². The number of carbonyl (C=O) groups excluding carboxylic acids is 1. The number of halogens is 1. The molecule has 0 aliphatic carbocycles. The van der Waals surface area contributed by atoms with E-state index in [1.54, 1.807) is 24.3 Å². The number of rotatable bonds is 3. The van der Waals surface area contributed by atoms with Crippen molar-refractivity contribution in [3.8, 4) is 11.5 Å². The van der Waals surface area contributed by atoms with E-state index in [2.05, 4.69) is 15.6 Å². The van der Waals surface area contributed by atoms with Crippen LogP contribution in [0.25, 0.3) is 22.6 Å². The van der Waals surface area contributed by atoms with E-state index in [-0.39, 0.29) is 11.0 Å². The molecule has 7 heteroatoms. The van der Waals surface area contributed by atoms with Gasteiger partial charge in [-0.15, -0.1) is 0 Å². The maximum atomic E-state index is 12.4. The van der Waals surface area contributed by atoms with Crippen molar-refractivity contribution in [2.24, 2.45) is 0 Å². The molecule has 1 heterocycles. The fourth-order valence-electron chi connectivity index (χ4n) is 3.02. The zero-order valence-corrected chi connectivity index (χ0v) is 17.9. The first-order valence-electron chi connectivity index (χ1n) is 9.26. The quantitative estimate of drug-likeness (QED) is 0.392. The monoisotopic (exact) mass is 435 g/mol. The molecule has 0 radical (unpaired) electrons. The second-order valence-corrected chi connectivity index (χ2v) is 7.72. The van der Waals surface area contributed by atoms with E-state index in [1.165, 1.54) is 0 Å². The van der Waals surface area contributed by atoms with Crippen molar-refractivity contribution in [1.29, 1.82) is 0 Å². The van der Waals surface area contributed by atoms with Crippen LogP contribution in [0.4, 0.5) is 5.69 Å². The number of hydrogen-bond donors (Lipinski definition) is 2. The van der Waals surface area contributed by atoms with Gasteiger partial charge in [0.2, 0.25) is 5.89 Å². The van der Waals surface area contributed by atoms with Crippen LogP contribution in [0.5, 0.6) is 0 Å². The lowest BCUT2D eigenvalue weighted by atomic mass is 10.1. The number of anilines is 1. The number of aromatic nitrogens is 1. The first-order chi connectivity index (χ1) is 14.4. The van der Waals surface area contributed by atoms with Gasteiger partial charge in [-0.1, -0.05) is 35.9 Å². The minimum absolute atomic E-state index is 0.174. The van der Waals surface area contributed by atoms with Gasteiger partial charge in [0.15, 0.2) is 10.7 Å². The number of nitrogens with zero attached hydrogens (tertiary/aromatic N) is 1. The van der Waals surface area contributed by atoms with Gasteiger partial charge >= 0.3 is 0 Å². The fourth-order valence-corrected chi connectivity index (χ4v) is 3.44. The Morgan fingerprint density at radius 1 is 1.07 bits per heavy atom. The third kappa shape index (κ3) is 4.20. The lowest BCUT2D eigenvalue weighted by Gasteiger charge is -2.13. The molecule has 0 aliphatic heterocycles. The number of oxazole rings is 1. The summed E-state index contributed by atoms with van der Waals surface area (Å²) < 4.78 is 5.89. The highest BCUT2D eigenvalue weighted by Crippen LogP contribution is 2.28. The van der Waals surface area contributed by atoms with Crippen LogP contribution >= 0.6 is 23.8 Å². The maximum Gasteiger partial charge on any atom is 0.258 e. The van der Waals surface area contributed by atoms with Gasteiger partial charge in [-0.05, 0) is 73.6 Å². The minimum Gasteiger partial charge on any atom is -0.436 e. The summed E-state index contributed by atoms with van der Waals surface area (Å²) in [5, 5.41) is 6.27. The van der Waals surface area contributed by atoms with Crippen LogP contribution < -0.4 is 10.6 Å². The minimum atomic E-state index is -0.374. The summed E-state index contributed by atoms with van der Waals surface area (Å²) in [6.45, 7) is 3.96. The van der Waals surface area contributed by atoms with Crippen LogP contribution in [0.3, 0.4) is 0 Å². The number of fused-ring (bicyclic) bond motifs is 1. The molecule has 3 aromatic carbocycles. The second-order valence-electron chi connectivity index (χ2n) is 6.91. The largest absolute Gasteiger partial charge is 0.436 e. The molecule has 30 heavy (non-hydrogen) atoms. The number of nitrogens with one attached hydrogen (secondary N) is 2. The Kier molecular flexibility index (Phi) is 5.53. The summed E-state index contributed by atoms with van der Waals surface area (Å²) in [7, 11) is 0. The Labute approximate surface area is 184 Å². The van der Waals surface area contributed by atoms with Gasteiger partial charge < -0.3 is 9.73 Å². The molecule has 2 N–H and O–H groups in total. The van der Waals surface area contributed by atoms with Crippen LogP contribution in [0.2, 0.25) is 5.02 Å². The number of hydrogen-bond acceptors (Lipinski definition) is 4. The molecule has 4 aromatic rings.